The Hall–Kier alpha value is -2.14. The molecule has 0 radical (unpaired) electrons. The molecule has 1 aliphatic heterocycles. The smallest absolute Gasteiger partial charge is 0.337 e. The van der Waals surface area contributed by atoms with Crippen molar-refractivity contribution in [2.45, 2.75) is 6.92 Å². The zero-order chi connectivity index (χ0) is 13.5. The summed E-state index contributed by atoms with van der Waals surface area (Å²) in [6.45, 7) is 2.07. The number of hydrogen-bond acceptors (Lipinski definition) is 4. The molecule has 1 rings (SSSR count). The molecule has 18 heavy (non-hydrogen) atoms. The lowest BCUT2D eigenvalue weighted by atomic mass is 10.1. The normalized spacial score (nSPS) is 17.7. The number of hydrogen-bond donors (Lipinski definition) is 1. The van der Waals surface area contributed by atoms with Crippen molar-refractivity contribution >= 4 is 12.4 Å². The van der Waals surface area contributed by atoms with Crippen molar-refractivity contribution in [3.63, 3.8) is 0 Å². The summed E-state index contributed by atoms with van der Waals surface area (Å²) in [6, 6.07) is 0. The SMILES string of the molecule is C/C=C(\C=C1\C=CC(CN)=CN1C=O)C(=O)OC. The summed E-state index contributed by atoms with van der Waals surface area (Å²) in [5, 5.41) is 0. The van der Waals surface area contributed by atoms with E-state index in [1.807, 2.05) is 0 Å². The first kappa shape index (κ1) is 13.9. The van der Waals surface area contributed by atoms with Crippen LogP contribution in [0.1, 0.15) is 6.92 Å². The third-order valence-corrected chi connectivity index (χ3v) is 2.46. The van der Waals surface area contributed by atoms with E-state index in [1.165, 1.54) is 12.0 Å². The van der Waals surface area contributed by atoms with Gasteiger partial charge in [-0.15, -0.1) is 0 Å². The van der Waals surface area contributed by atoms with Crippen molar-refractivity contribution < 1.29 is 14.3 Å². The van der Waals surface area contributed by atoms with Gasteiger partial charge in [0, 0.05) is 18.4 Å². The molecule has 0 saturated heterocycles. The van der Waals surface area contributed by atoms with Crippen LogP contribution in [0.5, 0.6) is 0 Å². The molecule has 1 heterocycles. The van der Waals surface area contributed by atoms with Gasteiger partial charge >= 0.3 is 5.97 Å². The van der Waals surface area contributed by atoms with Gasteiger partial charge in [0.1, 0.15) is 0 Å². The highest BCUT2D eigenvalue weighted by Gasteiger charge is 2.12. The van der Waals surface area contributed by atoms with Gasteiger partial charge in [-0.05, 0) is 24.6 Å². The van der Waals surface area contributed by atoms with E-state index in [1.54, 1.807) is 37.4 Å². The Morgan fingerprint density at radius 2 is 2.22 bits per heavy atom. The van der Waals surface area contributed by atoms with Gasteiger partial charge in [0.05, 0.1) is 12.7 Å². The van der Waals surface area contributed by atoms with Gasteiger partial charge in [0.2, 0.25) is 6.41 Å². The molecule has 0 atom stereocenters. The molecule has 5 heteroatoms. The highest BCUT2D eigenvalue weighted by atomic mass is 16.5. The van der Waals surface area contributed by atoms with E-state index < -0.39 is 5.97 Å². The largest absolute Gasteiger partial charge is 0.465 e. The second-order valence-electron chi connectivity index (χ2n) is 3.56. The minimum atomic E-state index is -0.446. The Bertz CT molecular complexity index is 459. The van der Waals surface area contributed by atoms with E-state index in [9.17, 15) is 9.59 Å². The summed E-state index contributed by atoms with van der Waals surface area (Å²) in [6.07, 6.45) is 9.02. The maximum Gasteiger partial charge on any atom is 0.337 e. The first-order valence-corrected chi connectivity index (χ1v) is 5.45. The molecule has 0 saturated carbocycles. The van der Waals surface area contributed by atoms with Gasteiger partial charge in [-0.25, -0.2) is 4.79 Å². The molecule has 0 unspecified atom stereocenters. The fraction of sp³-hybridized carbons (Fsp3) is 0.231. The van der Waals surface area contributed by atoms with Gasteiger partial charge < -0.3 is 10.5 Å². The van der Waals surface area contributed by atoms with Crippen LogP contribution in [0.2, 0.25) is 0 Å². The molecule has 2 N–H and O–H groups in total. The quantitative estimate of drug-likeness (QED) is 0.455. The van der Waals surface area contributed by atoms with Crippen molar-refractivity contribution in [2.24, 2.45) is 5.73 Å². The molecule has 0 aromatic heterocycles. The summed E-state index contributed by atoms with van der Waals surface area (Å²) in [7, 11) is 1.31. The zero-order valence-corrected chi connectivity index (χ0v) is 10.4. The maximum absolute atomic E-state index is 11.4. The Kier molecular flexibility index (Phi) is 5.07. The summed E-state index contributed by atoms with van der Waals surface area (Å²) in [5.41, 5.74) is 7.30. The number of rotatable bonds is 4. The zero-order valence-electron chi connectivity index (χ0n) is 10.4. The highest BCUT2D eigenvalue weighted by molar-refractivity contribution is 5.91. The first-order chi connectivity index (χ1) is 8.65. The van der Waals surface area contributed by atoms with Crippen LogP contribution in [-0.4, -0.2) is 30.9 Å². The minimum absolute atomic E-state index is 0.349. The third-order valence-electron chi connectivity index (χ3n) is 2.46. The lowest BCUT2D eigenvalue weighted by Crippen LogP contribution is -2.19. The standard InChI is InChI=1S/C13H16N2O3/c1-3-11(13(17)18-2)6-12-5-4-10(7-14)8-15(12)9-16/h3-6,8-9H,7,14H2,1-2H3/b11-3+,12-6-. The van der Waals surface area contributed by atoms with Crippen LogP contribution in [0.4, 0.5) is 0 Å². The van der Waals surface area contributed by atoms with Crippen LogP contribution in [0.15, 0.2) is 47.3 Å². The third kappa shape index (κ3) is 3.18. The van der Waals surface area contributed by atoms with Crippen molar-refractivity contribution in [1.29, 1.82) is 0 Å². The topological polar surface area (TPSA) is 72.6 Å². The molecule has 0 aromatic rings. The van der Waals surface area contributed by atoms with Crippen LogP contribution < -0.4 is 5.73 Å². The lowest BCUT2D eigenvalue weighted by molar-refractivity contribution is -0.135. The van der Waals surface area contributed by atoms with Crippen molar-refractivity contribution in [1.82, 2.24) is 4.90 Å². The van der Waals surface area contributed by atoms with Gasteiger partial charge in [0.15, 0.2) is 0 Å². The van der Waals surface area contributed by atoms with Crippen LogP contribution in [-0.2, 0) is 14.3 Å². The predicted octanol–water partition coefficient (Wildman–Crippen LogP) is 0.860. The fourth-order valence-electron chi connectivity index (χ4n) is 1.45. The Morgan fingerprint density at radius 1 is 1.50 bits per heavy atom. The first-order valence-electron chi connectivity index (χ1n) is 5.45. The van der Waals surface area contributed by atoms with Crippen molar-refractivity contribution in [2.75, 3.05) is 13.7 Å². The molecular formula is C13H16N2O3. The maximum atomic E-state index is 11.4. The Labute approximate surface area is 106 Å². The summed E-state index contributed by atoms with van der Waals surface area (Å²) >= 11 is 0. The number of esters is 1. The van der Waals surface area contributed by atoms with Crippen molar-refractivity contribution in [3.05, 3.63) is 47.3 Å². The highest BCUT2D eigenvalue weighted by Crippen LogP contribution is 2.17. The molecule has 1 aliphatic rings. The van der Waals surface area contributed by atoms with Gasteiger partial charge in [-0.3, -0.25) is 9.69 Å². The molecule has 96 valence electrons. The van der Waals surface area contributed by atoms with E-state index >= 15 is 0 Å². The molecule has 0 spiro atoms. The van der Waals surface area contributed by atoms with Gasteiger partial charge in [-0.2, -0.15) is 0 Å². The number of carbonyl (C=O) groups is 2. The van der Waals surface area contributed by atoms with Crippen LogP contribution >= 0.6 is 0 Å². The minimum Gasteiger partial charge on any atom is -0.465 e. The number of ether oxygens (including phenoxy) is 1. The summed E-state index contributed by atoms with van der Waals surface area (Å²) in [4.78, 5) is 23.8. The number of allylic oxidation sites excluding steroid dienone is 2. The molecule has 0 aromatic carbocycles. The second kappa shape index (κ2) is 6.56. The number of carbonyl (C=O) groups excluding carboxylic acids is 2. The fourth-order valence-corrected chi connectivity index (χ4v) is 1.45. The second-order valence-corrected chi connectivity index (χ2v) is 3.56. The average molecular weight is 248 g/mol. The van der Waals surface area contributed by atoms with E-state index in [2.05, 4.69) is 4.74 Å². The summed E-state index contributed by atoms with van der Waals surface area (Å²) < 4.78 is 4.64. The van der Waals surface area contributed by atoms with Gasteiger partial charge in [0.25, 0.3) is 0 Å². The number of nitrogens with zero attached hydrogens (tertiary/aromatic N) is 1. The molecule has 0 aliphatic carbocycles. The molecule has 5 nitrogen and oxygen atoms in total. The van der Waals surface area contributed by atoms with E-state index in [0.717, 1.165) is 5.57 Å². The molecule has 0 bridgehead atoms. The number of nitrogens with two attached hydrogens (primary N) is 1. The van der Waals surface area contributed by atoms with Crippen LogP contribution in [0.3, 0.4) is 0 Å². The lowest BCUT2D eigenvalue weighted by Gasteiger charge is -2.19. The molecule has 0 fully saturated rings. The molecular weight excluding hydrogens is 232 g/mol. The van der Waals surface area contributed by atoms with Gasteiger partial charge in [-0.1, -0.05) is 12.2 Å². The number of amides is 1. The Balaban J connectivity index is 3.03. The molecule has 1 amide bonds. The Morgan fingerprint density at radius 3 is 2.72 bits per heavy atom. The van der Waals surface area contributed by atoms with E-state index in [0.29, 0.717) is 24.2 Å². The van der Waals surface area contributed by atoms with E-state index in [4.69, 9.17) is 5.73 Å². The number of methoxy groups -OCH3 is 1. The van der Waals surface area contributed by atoms with E-state index in [-0.39, 0.29) is 0 Å². The summed E-state index contributed by atoms with van der Waals surface area (Å²) in [5.74, 6) is -0.446. The van der Waals surface area contributed by atoms with Crippen LogP contribution in [0, 0.1) is 0 Å². The monoisotopic (exact) mass is 248 g/mol. The average Bonchev–Trinajstić information content (AvgIpc) is 2.43. The van der Waals surface area contributed by atoms with Crippen LogP contribution in [0.25, 0.3) is 0 Å². The van der Waals surface area contributed by atoms with Crippen molar-refractivity contribution in [3.8, 4) is 0 Å². The predicted molar refractivity (Wildman–Crippen MR) is 68.0 cm³/mol.